The summed E-state index contributed by atoms with van der Waals surface area (Å²) in [5.74, 6) is 0.166. The molecular formula is C10H20NO2Si. The molecule has 1 N–H and O–H groups in total. The van der Waals surface area contributed by atoms with E-state index in [0.29, 0.717) is 13.0 Å². The SMILES string of the molecule is C[Si](OC[C@@H]1CCC(=O)N1)C(C)(C)C. The molecule has 1 heterocycles. The molecule has 0 spiro atoms. The van der Waals surface area contributed by atoms with Crippen molar-refractivity contribution in [1.82, 2.24) is 5.32 Å². The molecule has 4 heteroatoms. The molecule has 1 atom stereocenters. The van der Waals surface area contributed by atoms with E-state index in [0.717, 1.165) is 6.42 Å². The molecule has 1 aliphatic rings. The molecule has 0 bridgehead atoms. The van der Waals surface area contributed by atoms with E-state index in [2.05, 4.69) is 32.6 Å². The van der Waals surface area contributed by atoms with Crippen LogP contribution in [0, 0.1) is 0 Å². The maximum Gasteiger partial charge on any atom is 0.220 e. The summed E-state index contributed by atoms with van der Waals surface area (Å²) in [6.07, 6.45) is 1.59. The Kier molecular flexibility index (Phi) is 3.72. The first kappa shape index (κ1) is 11.7. The monoisotopic (exact) mass is 214 g/mol. The molecule has 1 rings (SSSR count). The summed E-state index contributed by atoms with van der Waals surface area (Å²) in [5.41, 5.74) is 0. The predicted octanol–water partition coefficient (Wildman–Crippen LogP) is 1.70. The van der Waals surface area contributed by atoms with Crippen molar-refractivity contribution in [2.75, 3.05) is 6.61 Å². The minimum absolute atomic E-state index is 0.166. The fraction of sp³-hybridized carbons (Fsp3) is 0.900. The summed E-state index contributed by atoms with van der Waals surface area (Å²) in [4.78, 5) is 10.9. The largest absolute Gasteiger partial charge is 0.414 e. The first-order chi connectivity index (χ1) is 6.39. The van der Waals surface area contributed by atoms with Gasteiger partial charge in [0.15, 0.2) is 0 Å². The zero-order valence-corrected chi connectivity index (χ0v) is 10.5. The second-order valence-electron chi connectivity index (χ2n) is 4.92. The molecule has 3 nitrogen and oxygen atoms in total. The smallest absolute Gasteiger partial charge is 0.220 e. The molecule has 0 unspecified atom stereocenters. The minimum Gasteiger partial charge on any atom is -0.414 e. The van der Waals surface area contributed by atoms with E-state index in [1.165, 1.54) is 0 Å². The van der Waals surface area contributed by atoms with Crippen molar-refractivity contribution in [3.8, 4) is 0 Å². The summed E-state index contributed by atoms with van der Waals surface area (Å²) in [6, 6.07) is 0.254. The summed E-state index contributed by atoms with van der Waals surface area (Å²) >= 11 is 0. The molecule has 0 aliphatic carbocycles. The van der Waals surface area contributed by atoms with Crippen molar-refractivity contribution >= 4 is 14.9 Å². The Hall–Kier alpha value is -0.353. The van der Waals surface area contributed by atoms with Gasteiger partial charge in [-0.05, 0) is 18.0 Å². The Bertz CT molecular complexity index is 213. The van der Waals surface area contributed by atoms with Crippen molar-refractivity contribution in [2.24, 2.45) is 0 Å². The van der Waals surface area contributed by atoms with Gasteiger partial charge >= 0.3 is 0 Å². The van der Waals surface area contributed by atoms with Gasteiger partial charge in [-0.15, -0.1) is 0 Å². The number of nitrogens with one attached hydrogen (secondary N) is 1. The van der Waals surface area contributed by atoms with Crippen LogP contribution in [0.4, 0.5) is 0 Å². The molecular weight excluding hydrogens is 194 g/mol. The molecule has 81 valence electrons. The van der Waals surface area contributed by atoms with Crippen LogP contribution in [-0.4, -0.2) is 27.6 Å². The third-order valence-electron chi connectivity index (χ3n) is 2.64. The first-order valence-electron chi connectivity index (χ1n) is 5.16. The lowest BCUT2D eigenvalue weighted by Crippen LogP contribution is -2.35. The predicted molar refractivity (Wildman–Crippen MR) is 58.4 cm³/mol. The summed E-state index contributed by atoms with van der Waals surface area (Å²) in [6.45, 7) is 9.48. The number of carbonyl (C=O) groups is 1. The van der Waals surface area contributed by atoms with Crippen molar-refractivity contribution in [3.63, 3.8) is 0 Å². The fourth-order valence-electron chi connectivity index (χ4n) is 1.24. The van der Waals surface area contributed by atoms with E-state index in [1.807, 2.05) is 0 Å². The lowest BCUT2D eigenvalue weighted by atomic mass is 10.2. The number of amides is 1. The Balaban J connectivity index is 2.24. The second-order valence-corrected chi connectivity index (χ2v) is 7.82. The summed E-state index contributed by atoms with van der Waals surface area (Å²) in [5, 5.41) is 3.18. The Morgan fingerprint density at radius 1 is 1.57 bits per heavy atom. The first-order valence-corrected chi connectivity index (χ1v) is 7.06. The maximum absolute atomic E-state index is 10.9. The Morgan fingerprint density at radius 3 is 2.64 bits per heavy atom. The summed E-state index contributed by atoms with van der Waals surface area (Å²) in [7, 11) is -0.761. The molecule has 1 amide bonds. The van der Waals surface area contributed by atoms with Crippen molar-refractivity contribution < 1.29 is 9.22 Å². The van der Waals surface area contributed by atoms with Gasteiger partial charge in [0.25, 0.3) is 0 Å². The standard InChI is InChI=1S/C10H20NO2Si/c1-10(2,3)14(4)13-7-8-5-6-9(12)11-8/h8H,5-7H2,1-4H3,(H,11,12)/t8-/m0/s1. The molecule has 1 saturated heterocycles. The minimum atomic E-state index is -0.761. The van der Waals surface area contributed by atoms with Crippen LogP contribution < -0.4 is 5.32 Å². The second kappa shape index (κ2) is 4.44. The molecule has 0 saturated carbocycles. The van der Waals surface area contributed by atoms with Crippen LogP contribution in [0.2, 0.25) is 11.6 Å². The molecule has 1 aliphatic heterocycles. The van der Waals surface area contributed by atoms with Crippen LogP contribution in [0.1, 0.15) is 33.6 Å². The topological polar surface area (TPSA) is 38.3 Å². The molecule has 1 radical (unpaired) electrons. The number of hydrogen-bond donors (Lipinski definition) is 1. The molecule has 14 heavy (non-hydrogen) atoms. The van der Waals surface area contributed by atoms with Gasteiger partial charge < -0.3 is 9.74 Å². The van der Waals surface area contributed by atoms with Gasteiger partial charge in [-0.3, -0.25) is 4.79 Å². The van der Waals surface area contributed by atoms with Crippen LogP contribution >= 0.6 is 0 Å². The Morgan fingerprint density at radius 2 is 2.21 bits per heavy atom. The van der Waals surface area contributed by atoms with E-state index in [9.17, 15) is 4.79 Å². The maximum atomic E-state index is 10.9. The molecule has 0 aromatic carbocycles. The third-order valence-corrected chi connectivity index (χ3v) is 5.35. The van der Waals surface area contributed by atoms with Crippen LogP contribution in [-0.2, 0) is 9.22 Å². The highest BCUT2D eigenvalue weighted by atomic mass is 28.3. The lowest BCUT2D eigenvalue weighted by molar-refractivity contribution is -0.119. The van der Waals surface area contributed by atoms with Crippen LogP contribution in [0.15, 0.2) is 0 Å². The van der Waals surface area contributed by atoms with Gasteiger partial charge in [0.1, 0.15) is 0 Å². The van der Waals surface area contributed by atoms with Crippen molar-refractivity contribution in [3.05, 3.63) is 0 Å². The van der Waals surface area contributed by atoms with Crippen LogP contribution in [0.3, 0.4) is 0 Å². The van der Waals surface area contributed by atoms with Gasteiger partial charge in [-0.1, -0.05) is 20.8 Å². The van der Waals surface area contributed by atoms with E-state index in [-0.39, 0.29) is 17.0 Å². The normalized spacial score (nSPS) is 22.9. The zero-order valence-electron chi connectivity index (χ0n) is 9.52. The van der Waals surface area contributed by atoms with Gasteiger partial charge in [0, 0.05) is 6.42 Å². The molecule has 0 aromatic rings. The van der Waals surface area contributed by atoms with E-state index in [1.54, 1.807) is 0 Å². The van der Waals surface area contributed by atoms with Gasteiger partial charge in [0.05, 0.1) is 12.6 Å². The average molecular weight is 214 g/mol. The van der Waals surface area contributed by atoms with Gasteiger partial charge in [0.2, 0.25) is 14.9 Å². The lowest BCUT2D eigenvalue weighted by Gasteiger charge is -2.26. The summed E-state index contributed by atoms with van der Waals surface area (Å²) < 4.78 is 5.83. The van der Waals surface area contributed by atoms with E-state index >= 15 is 0 Å². The quantitative estimate of drug-likeness (QED) is 0.726. The van der Waals surface area contributed by atoms with E-state index in [4.69, 9.17) is 4.43 Å². The third kappa shape index (κ3) is 3.42. The van der Waals surface area contributed by atoms with Gasteiger partial charge in [-0.25, -0.2) is 0 Å². The molecule has 0 aromatic heterocycles. The molecule has 1 fully saturated rings. The van der Waals surface area contributed by atoms with E-state index < -0.39 is 9.04 Å². The number of rotatable bonds is 3. The number of carbonyl (C=O) groups excluding carboxylic acids is 1. The van der Waals surface area contributed by atoms with Crippen LogP contribution in [0.25, 0.3) is 0 Å². The van der Waals surface area contributed by atoms with Crippen molar-refractivity contribution in [2.45, 2.75) is 51.2 Å². The average Bonchev–Trinajstić information content (AvgIpc) is 2.45. The number of hydrogen-bond acceptors (Lipinski definition) is 2. The zero-order chi connectivity index (χ0) is 10.8. The highest BCUT2D eigenvalue weighted by molar-refractivity contribution is 6.53. The highest BCUT2D eigenvalue weighted by Crippen LogP contribution is 2.27. The fourth-order valence-corrected chi connectivity index (χ4v) is 2.13. The van der Waals surface area contributed by atoms with Gasteiger partial charge in [-0.2, -0.15) is 0 Å². The Labute approximate surface area is 87.9 Å². The van der Waals surface area contributed by atoms with Crippen molar-refractivity contribution in [1.29, 1.82) is 0 Å². The highest BCUT2D eigenvalue weighted by Gasteiger charge is 2.27. The van der Waals surface area contributed by atoms with Crippen LogP contribution in [0.5, 0.6) is 0 Å².